The highest BCUT2D eigenvalue weighted by atomic mass is 32.2. The van der Waals surface area contributed by atoms with Crippen LogP contribution in [0.1, 0.15) is 56.6 Å². The summed E-state index contributed by atoms with van der Waals surface area (Å²) in [6.07, 6.45) is 6.46. The minimum Gasteiger partial charge on any atom is -0.507 e. The van der Waals surface area contributed by atoms with Crippen molar-refractivity contribution in [3.63, 3.8) is 0 Å². The van der Waals surface area contributed by atoms with E-state index in [1.807, 2.05) is 24.3 Å². The highest BCUT2D eigenvalue weighted by Crippen LogP contribution is 2.34. The molecule has 4 rings (SSSR count). The Morgan fingerprint density at radius 3 is 2.35 bits per heavy atom. The molecule has 1 saturated carbocycles. The molecule has 2 aliphatic rings. The van der Waals surface area contributed by atoms with E-state index in [2.05, 4.69) is 4.72 Å². The molecule has 8 heteroatoms. The number of esters is 1. The fraction of sp³-hybridized carbons (Fsp3) is 0.448. The van der Waals surface area contributed by atoms with Gasteiger partial charge in [0, 0.05) is 12.5 Å². The molecule has 2 aromatic rings. The van der Waals surface area contributed by atoms with Crippen LogP contribution in [0.2, 0.25) is 0 Å². The number of aliphatic hydroxyl groups excluding tert-OH is 1. The number of hydrogen-bond acceptors (Lipinski definition) is 6. The molecular weight excluding hydrogens is 490 g/mol. The second kappa shape index (κ2) is 12.0. The van der Waals surface area contributed by atoms with Crippen LogP contribution in [0.25, 0.3) is 0 Å². The van der Waals surface area contributed by atoms with Gasteiger partial charge in [-0.2, -0.15) is 0 Å². The SMILES string of the molecule is CC(Cc1ccc(CCNS(=O)(=O)c2ccccc2)cc1)C(=O)C1=C(O)C(CC2CCCCC2)OC1=O. The maximum absolute atomic E-state index is 13.0. The van der Waals surface area contributed by atoms with Crippen molar-refractivity contribution in [2.75, 3.05) is 6.54 Å². The maximum atomic E-state index is 13.0. The third-order valence-electron chi connectivity index (χ3n) is 7.30. The molecule has 0 amide bonds. The molecular formula is C29H35NO6S. The molecule has 1 aliphatic carbocycles. The number of Topliss-reactive ketones (excluding diaryl/α,β-unsaturated/α-hetero) is 1. The van der Waals surface area contributed by atoms with Gasteiger partial charge in [0.2, 0.25) is 10.0 Å². The topological polar surface area (TPSA) is 110 Å². The standard InChI is InChI=1S/C29H35NO6S/c1-20(27(31)26-28(32)25(36-29(26)33)19-22-8-4-2-5-9-22)18-23-14-12-21(13-15-23)16-17-30-37(34,35)24-10-6-3-7-11-24/h3,6-7,10-15,20,22,25,30,32H,2,4-5,8-9,16-19H2,1H3. The van der Waals surface area contributed by atoms with Crippen LogP contribution in [0.5, 0.6) is 0 Å². The zero-order valence-corrected chi connectivity index (χ0v) is 22.0. The summed E-state index contributed by atoms with van der Waals surface area (Å²) in [7, 11) is -3.54. The van der Waals surface area contributed by atoms with Crippen LogP contribution in [0.3, 0.4) is 0 Å². The fourth-order valence-electron chi connectivity index (χ4n) is 5.17. The van der Waals surface area contributed by atoms with Gasteiger partial charge in [-0.1, -0.05) is 81.5 Å². The van der Waals surface area contributed by atoms with Crippen LogP contribution >= 0.6 is 0 Å². The van der Waals surface area contributed by atoms with Crippen LogP contribution in [-0.4, -0.2) is 37.9 Å². The Bertz CT molecular complexity index is 1230. The van der Waals surface area contributed by atoms with Crippen LogP contribution in [0.15, 0.2) is 70.8 Å². The van der Waals surface area contributed by atoms with E-state index in [4.69, 9.17) is 4.74 Å². The van der Waals surface area contributed by atoms with Crippen LogP contribution in [0, 0.1) is 11.8 Å². The van der Waals surface area contributed by atoms with Crippen molar-refractivity contribution < 1.29 is 27.9 Å². The molecule has 37 heavy (non-hydrogen) atoms. The van der Waals surface area contributed by atoms with E-state index in [9.17, 15) is 23.1 Å². The van der Waals surface area contributed by atoms with Crippen molar-refractivity contribution in [1.82, 2.24) is 4.72 Å². The molecule has 0 radical (unpaired) electrons. The summed E-state index contributed by atoms with van der Waals surface area (Å²) >= 11 is 0. The number of cyclic esters (lactones) is 1. The summed E-state index contributed by atoms with van der Waals surface area (Å²) < 4.78 is 32.7. The van der Waals surface area contributed by atoms with Gasteiger partial charge >= 0.3 is 5.97 Å². The van der Waals surface area contributed by atoms with Gasteiger partial charge in [-0.15, -0.1) is 0 Å². The third-order valence-corrected chi connectivity index (χ3v) is 8.78. The molecule has 0 spiro atoms. The quantitative estimate of drug-likeness (QED) is 0.326. The average Bonchev–Trinajstić information content (AvgIpc) is 3.17. The Kier molecular flexibility index (Phi) is 8.82. The van der Waals surface area contributed by atoms with E-state index in [0.29, 0.717) is 25.2 Å². The summed E-state index contributed by atoms with van der Waals surface area (Å²) in [5, 5.41) is 10.6. The molecule has 1 fully saturated rings. The van der Waals surface area contributed by atoms with E-state index in [-0.39, 0.29) is 22.8 Å². The summed E-state index contributed by atoms with van der Waals surface area (Å²) in [4.78, 5) is 25.7. The summed E-state index contributed by atoms with van der Waals surface area (Å²) in [6.45, 7) is 2.01. The normalized spacial score (nSPS) is 19.6. The molecule has 2 atom stereocenters. The number of rotatable bonds is 11. The molecule has 2 N–H and O–H groups in total. The summed E-state index contributed by atoms with van der Waals surface area (Å²) in [5.74, 6) is -1.41. The number of hydrogen-bond donors (Lipinski definition) is 2. The van der Waals surface area contributed by atoms with Gasteiger partial charge in [0.15, 0.2) is 17.6 Å². The van der Waals surface area contributed by atoms with Crippen molar-refractivity contribution in [2.24, 2.45) is 11.8 Å². The van der Waals surface area contributed by atoms with Crippen molar-refractivity contribution in [1.29, 1.82) is 0 Å². The van der Waals surface area contributed by atoms with Gasteiger partial charge in [0.05, 0.1) is 4.90 Å². The second-order valence-corrected chi connectivity index (χ2v) is 11.9. The molecule has 0 aromatic heterocycles. The van der Waals surface area contributed by atoms with E-state index >= 15 is 0 Å². The van der Waals surface area contributed by atoms with Crippen LogP contribution in [-0.2, 0) is 37.2 Å². The zero-order valence-electron chi connectivity index (χ0n) is 21.2. The number of aliphatic hydroxyl groups is 1. The first kappa shape index (κ1) is 27.1. The van der Waals surface area contributed by atoms with Gasteiger partial charge in [0.1, 0.15) is 5.57 Å². The molecule has 198 valence electrons. The van der Waals surface area contributed by atoms with Crippen LogP contribution in [0.4, 0.5) is 0 Å². The Balaban J connectivity index is 1.30. The predicted octanol–water partition coefficient (Wildman–Crippen LogP) is 4.66. The molecule has 1 aliphatic heterocycles. The number of benzene rings is 2. The Morgan fingerprint density at radius 1 is 1.03 bits per heavy atom. The van der Waals surface area contributed by atoms with Crippen molar-refractivity contribution in [3.8, 4) is 0 Å². The lowest BCUT2D eigenvalue weighted by molar-refractivity contribution is -0.142. The maximum Gasteiger partial charge on any atom is 0.346 e. The number of sulfonamides is 1. The fourth-order valence-corrected chi connectivity index (χ4v) is 6.22. The Hall–Kier alpha value is -2.97. The van der Waals surface area contributed by atoms with Gasteiger partial charge < -0.3 is 9.84 Å². The molecule has 2 unspecified atom stereocenters. The number of ether oxygens (including phenoxy) is 1. The molecule has 7 nitrogen and oxygen atoms in total. The van der Waals surface area contributed by atoms with Gasteiger partial charge in [-0.25, -0.2) is 17.9 Å². The third kappa shape index (κ3) is 6.87. The second-order valence-electron chi connectivity index (χ2n) is 10.1. The summed E-state index contributed by atoms with van der Waals surface area (Å²) in [5.41, 5.74) is 1.68. The highest BCUT2D eigenvalue weighted by Gasteiger charge is 2.40. The van der Waals surface area contributed by atoms with E-state index in [1.165, 1.54) is 6.42 Å². The van der Waals surface area contributed by atoms with Gasteiger partial charge in [0.25, 0.3) is 0 Å². The Labute approximate surface area is 219 Å². The Morgan fingerprint density at radius 2 is 1.68 bits per heavy atom. The predicted molar refractivity (Wildman–Crippen MR) is 140 cm³/mol. The van der Waals surface area contributed by atoms with Crippen molar-refractivity contribution in [3.05, 3.63) is 77.1 Å². The zero-order chi connectivity index (χ0) is 26.4. The smallest absolute Gasteiger partial charge is 0.346 e. The lowest BCUT2D eigenvalue weighted by atomic mass is 9.84. The van der Waals surface area contributed by atoms with Gasteiger partial charge in [-0.05, 0) is 48.4 Å². The first-order valence-electron chi connectivity index (χ1n) is 13.1. The molecule has 1 heterocycles. The van der Waals surface area contributed by atoms with Gasteiger partial charge in [-0.3, -0.25) is 4.79 Å². The average molecular weight is 526 g/mol. The highest BCUT2D eigenvalue weighted by molar-refractivity contribution is 7.89. The first-order valence-corrected chi connectivity index (χ1v) is 14.5. The number of nitrogens with one attached hydrogen (secondary N) is 1. The van der Waals surface area contributed by atoms with Crippen molar-refractivity contribution >= 4 is 21.8 Å². The number of ketones is 1. The largest absolute Gasteiger partial charge is 0.507 e. The van der Waals surface area contributed by atoms with E-state index in [1.54, 1.807) is 37.3 Å². The lowest BCUT2D eigenvalue weighted by Crippen LogP contribution is -2.25. The molecule has 0 saturated heterocycles. The molecule has 2 aromatic carbocycles. The summed E-state index contributed by atoms with van der Waals surface area (Å²) in [6, 6.07) is 15.9. The minimum absolute atomic E-state index is 0.198. The minimum atomic E-state index is -3.54. The van der Waals surface area contributed by atoms with Crippen molar-refractivity contribution in [2.45, 2.75) is 69.3 Å². The monoisotopic (exact) mass is 525 g/mol. The number of carbonyl (C=O) groups is 2. The number of carbonyl (C=O) groups excluding carboxylic acids is 2. The van der Waals surface area contributed by atoms with E-state index < -0.39 is 33.8 Å². The van der Waals surface area contributed by atoms with Crippen LogP contribution < -0.4 is 4.72 Å². The molecule has 0 bridgehead atoms. The first-order chi connectivity index (χ1) is 17.7. The van der Waals surface area contributed by atoms with E-state index in [0.717, 1.165) is 36.8 Å². The lowest BCUT2D eigenvalue weighted by Gasteiger charge is -2.23.